The van der Waals surface area contributed by atoms with E-state index in [0.717, 1.165) is 12.1 Å². The van der Waals surface area contributed by atoms with E-state index in [-0.39, 0.29) is 6.04 Å². The van der Waals surface area contributed by atoms with Crippen molar-refractivity contribution in [3.8, 4) is 0 Å². The molecule has 6 nitrogen and oxygen atoms in total. The van der Waals surface area contributed by atoms with Crippen molar-refractivity contribution in [3.05, 3.63) is 47.3 Å². The third-order valence-electron chi connectivity index (χ3n) is 4.04. The highest BCUT2D eigenvalue weighted by molar-refractivity contribution is 5.84. The Morgan fingerprint density at radius 1 is 1.25 bits per heavy atom. The van der Waals surface area contributed by atoms with Gasteiger partial charge in [0.25, 0.3) is 0 Å². The first-order chi connectivity index (χ1) is 11.4. The largest absolute Gasteiger partial charge is 0.453 e. The van der Waals surface area contributed by atoms with E-state index in [1.54, 1.807) is 0 Å². The molecule has 24 heavy (non-hydrogen) atoms. The van der Waals surface area contributed by atoms with Gasteiger partial charge in [0.1, 0.15) is 0 Å². The van der Waals surface area contributed by atoms with Crippen LogP contribution in [0.1, 0.15) is 49.7 Å². The number of ether oxygens (including phenoxy) is 1. The van der Waals surface area contributed by atoms with Crippen LogP contribution in [0.3, 0.4) is 0 Å². The molecule has 2 N–H and O–H groups in total. The molecular weight excluding hydrogens is 304 g/mol. The predicted molar refractivity (Wildman–Crippen MR) is 95.1 cm³/mol. The molecule has 2 aromatic rings. The normalized spacial score (nSPS) is 12.2. The van der Waals surface area contributed by atoms with Crippen molar-refractivity contribution >= 4 is 11.8 Å². The lowest BCUT2D eigenvalue weighted by atomic mass is 10.1. The number of carbonyl (C=O) groups is 1. The van der Waals surface area contributed by atoms with E-state index < -0.39 is 6.09 Å². The number of methoxy groups -OCH3 is 1. The van der Waals surface area contributed by atoms with Crippen molar-refractivity contribution in [1.82, 2.24) is 15.1 Å². The molecular formula is C18H26N4O2. The molecule has 130 valence electrons. The first-order valence-corrected chi connectivity index (χ1v) is 8.13. The summed E-state index contributed by atoms with van der Waals surface area (Å²) in [5, 5.41) is 10.6. The predicted octanol–water partition coefficient (Wildman–Crippen LogP) is 3.80. The van der Waals surface area contributed by atoms with E-state index in [4.69, 9.17) is 0 Å². The molecule has 0 aliphatic heterocycles. The molecule has 1 aromatic carbocycles. The summed E-state index contributed by atoms with van der Waals surface area (Å²) in [6, 6.07) is 8.26. The summed E-state index contributed by atoms with van der Waals surface area (Å²) in [6.45, 7) is 9.25. The van der Waals surface area contributed by atoms with Crippen LogP contribution in [-0.4, -0.2) is 23.0 Å². The maximum atomic E-state index is 11.2. The van der Waals surface area contributed by atoms with Crippen molar-refractivity contribution < 1.29 is 9.53 Å². The zero-order valence-corrected chi connectivity index (χ0v) is 15.0. The fourth-order valence-corrected chi connectivity index (χ4v) is 2.64. The molecule has 1 heterocycles. The van der Waals surface area contributed by atoms with Crippen LogP contribution >= 0.6 is 0 Å². The Morgan fingerprint density at radius 2 is 1.92 bits per heavy atom. The van der Waals surface area contributed by atoms with E-state index in [1.165, 1.54) is 18.4 Å². The number of aromatic nitrogens is 2. The van der Waals surface area contributed by atoms with Gasteiger partial charge in [-0.1, -0.05) is 12.1 Å². The SMILES string of the molecule is COC(=O)Nc1ccc(CN[C@H](C)c2cnn(C(C)C)c2C)cc1. The minimum Gasteiger partial charge on any atom is -0.453 e. The fourth-order valence-electron chi connectivity index (χ4n) is 2.64. The van der Waals surface area contributed by atoms with E-state index in [9.17, 15) is 4.79 Å². The second kappa shape index (κ2) is 7.97. The van der Waals surface area contributed by atoms with Gasteiger partial charge >= 0.3 is 6.09 Å². The Balaban J connectivity index is 1.94. The minimum absolute atomic E-state index is 0.213. The summed E-state index contributed by atoms with van der Waals surface area (Å²) < 4.78 is 6.61. The number of nitrogens with one attached hydrogen (secondary N) is 2. The Morgan fingerprint density at radius 3 is 2.46 bits per heavy atom. The molecule has 0 fully saturated rings. The average molecular weight is 330 g/mol. The number of hydrogen-bond donors (Lipinski definition) is 2. The molecule has 0 saturated carbocycles. The molecule has 0 spiro atoms. The van der Waals surface area contributed by atoms with Gasteiger partial charge in [0.15, 0.2) is 0 Å². The third-order valence-corrected chi connectivity index (χ3v) is 4.04. The van der Waals surface area contributed by atoms with Crippen molar-refractivity contribution in [3.63, 3.8) is 0 Å². The number of anilines is 1. The molecule has 0 radical (unpaired) electrons. The Hall–Kier alpha value is -2.34. The molecule has 1 aromatic heterocycles. The van der Waals surface area contributed by atoms with E-state index >= 15 is 0 Å². The van der Waals surface area contributed by atoms with Gasteiger partial charge in [-0.3, -0.25) is 10.00 Å². The second-order valence-electron chi connectivity index (χ2n) is 6.14. The highest BCUT2D eigenvalue weighted by Gasteiger charge is 2.14. The van der Waals surface area contributed by atoms with E-state index in [0.29, 0.717) is 11.7 Å². The summed E-state index contributed by atoms with van der Waals surface area (Å²) >= 11 is 0. The molecule has 0 unspecified atom stereocenters. The highest BCUT2D eigenvalue weighted by atomic mass is 16.5. The number of benzene rings is 1. The average Bonchev–Trinajstić information content (AvgIpc) is 2.95. The molecule has 6 heteroatoms. The maximum absolute atomic E-state index is 11.2. The van der Waals surface area contributed by atoms with Crippen LogP contribution in [0.4, 0.5) is 10.5 Å². The fraction of sp³-hybridized carbons (Fsp3) is 0.444. The van der Waals surface area contributed by atoms with Crippen LogP contribution in [0.2, 0.25) is 0 Å². The van der Waals surface area contributed by atoms with Gasteiger partial charge < -0.3 is 10.1 Å². The van der Waals surface area contributed by atoms with Crippen LogP contribution in [0.25, 0.3) is 0 Å². The van der Waals surface area contributed by atoms with Crippen molar-refractivity contribution in [2.75, 3.05) is 12.4 Å². The van der Waals surface area contributed by atoms with Crippen molar-refractivity contribution in [1.29, 1.82) is 0 Å². The lowest BCUT2D eigenvalue weighted by molar-refractivity contribution is 0.187. The molecule has 0 aliphatic rings. The number of nitrogens with zero attached hydrogens (tertiary/aromatic N) is 2. The highest BCUT2D eigenvalue weighted by Crippen LogP contribution is 2.20. The topological polar surface area (TPSA) is 68.2 Å². The Bertz CT molecular complexity index is 677. The van der Waals surface area contributed by atoms with Crippen LogP contribution < -0.4 is 10.6 Å². The standard InChI is InChI=1S/C18H26N4O2/c1-12(2)22-14(4)17(11-20-22)13(3)19-10-15-6-8-16(9-7-15)21-18(23)24-5/h6-9,11-13,19H,10H2,1-5H3,(H,21,23)/t13-/m1/s1. The summed E-state index contributed by atoms with van der Waals surface area (Å²) in [6.07, 6.45) is 1.48. The first-order valence-electron chi connectivity index (χ1n) is 8.13. The van der Waals surface area contributed by atoms with Gasteiger partial charge in [-0.25, -0.2) is 4.79 Å². The van der Waals surface area contributed by atoms with Crippen molar-refractivity contribution in [2.45, 2.75) is 46.3 Å². The first kappa shape index (κ1) is 18.0. The van der Waals surface area contributed by atoms with Gasteiger partial charge in [0.2, 0.25) is 0 Å². The number of amides is 1. The molecule has 0 bridgehead atoms. The number of carbonyl (C=O) groups excluding carboxylic acids is 1. The summed E-state index contributed by atoms with van der Waals surface area (Å²) in [5.41, 5.74) is 4.27. The van der Waals surface area contributed by atoms with Crippen LogP contribution in [0.5, 0.6) is 0 Å². The summed E-state index contributed by atoms with van der Waals surface area (Å²) in [5.74, 6) is 0. The van der Waals surface area contributed by atoms with Gasteiger partial charge in [-0.15, -0.1) is 0 Å². The molecule has 1 atom stereocenters. The summed E-state index contributed by atoms with van der Waals surface area (Å²) in [7, 11) is 1.35. The maximum Gasteiger partial charge on any atom is 0.411 e. The van der Waals surface area contributed by atoms with Crippen LogP contribution in [-0.2, 0) is 11.3 Å². The van der Waals surface area contributed by atoms with Gasteiger partial charge in [0, 0.05) is 35.6 Å². The van der Waals surface area contributed by atoms with Gasteiger partial charge in [-0.2, -0.15) is 5.10 Å². The van der Waals surface area contributed by atoms with E-state index in [1.807, 2.05) is 35.1 Å². The zero-order valence-electron chi connectivity index (χ0n) is 15.0. The molecule has 0 saturated heterocycles. The Labute approximate surface area is 143 Å². The number of hydrogen-bond acceptors (Lipinski definition) is 4. The lowest BCUT2D eigenvalue weighted by Crippen LogP contribution is -2.19. The van der Waals surface area contributed by atoms with E-state index in [2.05, 4.69) is 48.2 Å². The molecule has 2 rings (SSSR count). The summed E-state index contributed by atoms with van der Waals surface area (Å²) in [4.78, 5) is 11.2. The third kappa shape index (κ3) is 4.35. The van der Waals surface area contributed by atoms with Crippen molar-refractivity contribution in [2.24, 2.45) is 0 Å². The zero-order chi connectivity index (χ0) is 17.7. The van der Waals surface area contributed by atoms with Crippen LogP contribution in [0.15, 0.2) is 30.5 Å². The lowest BCUT2D eigenvalue weighted by Gasteiger charge is -2.15. The monoisotopic (exact) mass is 330 g/mol. The van der Waals surface area contributed by atoms with Gasteiger partial charge in [0.05, 0.1) is 13.3 Å². The molecule has 0 aliphatic carbocycles. The number of rotatable bonds is 6. The minimum atomic E-state index is -0.466. The quantitative estimate of drug-likeness (QED) is 0.845. The second-order valence-corrected chi connectivity index (χ2v) is 6.14. The Kier molecular flexibility index (Phi) is 5.98. The molecule has 1 amide bonds. The smallest absolute Gasteiger partial charge is 0.411 e. The van der Waals surface area contributed by atoms with Gasteiger partial charge in [-0.05, 0) is 45.4 Å². The van der Waals surface area contributed by atoms with Crippen LogP contribution in [0, 0.1) is 6.92 Å².